The van der Waals surface area contributed by atoms with Gasteiger partial charge < -0.3 is 10.2 Å². The van der Waals surface area contributed by atoms with E-state index in [4.69, 9.17) is 0 Å². The minimum atomic E-state index is 0.447. The van der Waals surface area contributed by atoms with E-state index in [1.54, 1.807) is 0 Å². The zero-order valence-corrected chi connectivity index (χ0v) is 12.7. The van der Waals surface area contributed by atoms with E-state index in [2.05, 4.69) is 62.0 Å². The lowest BCUT2D eigenvalue weighted by Crippen LogP contribution is -2.25. The van der Waals surface area contributed by atoms with Crippen molar-refractivity contribution in [3.05, 3.63) is 42.5 Å². The highest BCUT2D eigenvalue weighted by atomic mass is 15.1. The van der Waals surface area contributed by atoms with Gasteiger partial charge >= 0.3 is 0 Å². The maximum Gasteiger partial charge on any atom is 0.0412 e. The van der Waals surface area contributed by atoms with Crippen molar-refractivity contribution in [1.29, 1.82) is 0 Å². The lowest BCUT2D eigenvalue weighted by Gasteiger charge is -2.26. The molecule has 0 aliphatic carbocycles. The smallest absolute Gasteiger partial charge is 0.0412 e. The molecule has 0 saturated heterocycles. The van der Waals surface area contributed by atoms with E-state index in [0.717, 1.165) is 32.4 Å². The van der Waals surface area contributed by atoms with E-state index in [1.807, 2.05) is 6.08 Å². The van der Waals surface area contributed by atoms with Gasteiger partial charge in [-0.05, 0) is 37.4 Å². The van der Waals surface area contributed by atoms with Gasteiger partial charge in [-0.1, -0.05) is 38.1 Å². The molecule has 0 bridgehead atoms. The Morgan fingerprint density at radius 3 is 2.68 bits per heavy atom. The van der Waals surface area contributed by atoms with Crippen LogP contribution in [0, 0.1) is 0 Å². The maximum absolute atomic E-state index is 3.79. The van der Waals surface area contributed by atoms with Crippen molar-refractivity contribution in [1.82, 2.24) is 5.32 Å². The number of anilines is 1. The van der Waals surface area contributed by atoms with Crippen LogP contribution < -0.4 is 10.2 Å². The molecule has 2 nitrogen and oxygen atoms in total. The van der Waals surface area contributed by atoms with Gasteiger partial charge in [-0.15, -0.1) is 6.58 Å². The number of hydrogen-bond acceptors (Lipinski definition) is 2. The molecule has 0 aliphatic rings. The maximum atomic E-state index is 3.79. The van der Waals surface area contributed by atoms with Crippen LogP contribution in [-0.2, 0) is 0 Å². The minimum absolute atomic E-state index is 0.447. The van der Waals surface area contributed by atoms with Crippen LogP contribution in [0.1, 0.15) is 44.7 Å². The van der Waals surface area contributed by atoms with Gasteiger partial charge in [0.2, 0.25) is 0 Å². The first-order valence-corrected chi connectivity index (χ1v) is 7.38. The molecule has 0 aliphatic heterocycles. The summed E-state index contributed by atoms with van der Waals surface area (Å²) in [6, 6.07) is 9.18. The lowest BCUT2D eigenvalue weighted by molar-refractivity contribution is 0.536. The van der Waals surface area contributed by atoms with Crippen LogP contribution in [0.15, 0.2) is 36.9 Å². The Balaban J connectivity index is 2.84. The molecule has 19 heavy (non-hydrogen) atoms. The number of allylic oxidation sites excluding steroid dienone is 1. The highest BCUT2D eigenvalue weighted by Gasteiger charge is 2.14. The Kier molecular flexibility index (Phi) is 7.27. The zero-order chi connectivity index (χ0) is 14.1. The molecule has 0 fully saturated rings. The molecule has 1 N–H and O–H groups in total. The van der Waals surface area contributed by atoms with Crippen LogP contribution in [0.25, 0.3) is 0 Å². The number of unbranched alkanes of at least 4 members (excludes halogenated alkanes) is 1. The fraction of sp³-hybridized carbons (Fsp3) is 0.529. The minimum Gasteiger partial charge on any atom is -0.374 e. The highest BCUT2D eigenvalue weighted by molar-refractivity contribution is 5.54. The Labute approximate surface area is 118 Å². The van der Waals surface area contributed by atoms with E-state index >= 15 is 0 Å². The number of rotatable bonds is 9. The molecular formula is C17H28N2. The first-order chi connectivity index (χ1) is 9.24. The van der Waals surface area contributed by atoms with Crippen molar-refractivity contribution >= 4 is 5.69 Å². The molecule has 1 atom stereocenters. The largest absolute Gasteiger partial charge is 0.374 e. The quantitative estimate of drug-likeness (QED) is 0.530. The summed E-state index contributed by atoms with van der Waals surface area (Å²) < 4.78 is 0. The molecule has 0 spiro atoms. The van der Waals surface area contributed by atoms with Gasteiger partial charge in [0.15, 0.2) is 0 Å². The van der Waals surface area contributed by atoms with Gasteiger partial charge in [0.05, 0.1) is 0 Å². The SMILES string of the molecule is C=CCCCN(C)c1ccccc1C(CC)NCC. The van der Waals surface area contributed by atoms with Gasteiger partial charge in [-0.2, -0.15) is 0 Å². The highest BCUT2D eigenvalue weighted by Crippen LogP contribution is 2.27. The molecule has 0 saturated carbocycles. The fourth-order valence-electron chi connectivity index (χ4n) is 2.44. The van der Waals surface area contributed by atoms with Crippen LogP contribution in [-0.4, -0.2) is 20.1 Å². The molecule has 0 aromatic heterocycles. The van der Waals surface area contributed by atoms with Crippen molar-refractivity contribution in [2.75, 3.05) is 25.0 Å². The third kappa shape index (κ3) is 4.71. The van der Waals surface area contributed by atoms with Crippen molar-refractivity contribution in [3.63, 3.8) is 0 Å². The van der Waals surface area contributed by atoms with Gasteiger partial charge in [-0.3, -0.25) is 0 Å². The average Bonchev–Trinajstić information content (AvgIpc) is 2.45. The second-order valence-electron chi connectivity index (χ2n) is 4.93. The summed E-state index contributed by atoms with van der Waals surface area (Å²) in [5.41, 5.74) is 2.76. The predicted octanol–water partition coefficient (Wildman–Crippen LogP) is 4.15. The van der Waals surface area contributed by atoms with E-state index in [0.29, 0.717) is 6.04 Å². The number of nitrogens with one attached hydrogen (secondary N) is 1. The van der Waals surface area contributed by atoms with Crippen molar-refractivity contribution in [2.24, 2.45) is 0 Å². The molecule has 1 aromatic rings. The number of para-hydroxylation sites is 1. The van der Waals surface area contributed by atoms with Gasteiger partial charge in [-0.25, -0.2) is 0 Å². The summed E-state index contributed by atoms with van der Waals surface area (Å²) in [7, 11) is 2.18. The van der Waals surface area contributed by atoms with Crippen LogP contribution >= 0.6 is 0 Å². The summed E-state index contributed by atoms with van der Waals surface area (Å²) in [5.74, 6) is 0. The normalized spacial score (nSPS) is 12.2. The van der Waals surface area contributed by atoms with Crippen LogP contribution in [0.5, 0.6) is 0 Å². The summed E-state index contributed by atoms with van der Waals surface area (Å²) in [4.78, 5) is 2.36. The molecule has 1 rings (SSSR count). The topological polar surface area (TPSA) is 15.3 Å². The second-order valence-corrected chi connectivity index (χ2v) is 4.93. The average molecular weight is 260 g/mol. The van der Waals surface area contributed by atoms with Crippen LogP contribution in [0.3, 0.4) is 0 Å². The summed E-state index contributed by atoms with van der Waals surface area (Å²) in [6.45, 7) is 10.3. The fourth-order valence-corrected chi connectivity index (χ4v) is 2.44. The first kappa shape index (κ1) is 15.8. The molecule has 0 amide bonds. The van der Waals surface area contributed by atoms with Gasteiger partial charge in [0.1, 0.15) is 0 Å². The molecule has 0 heterocycles. The third-order valence-electron chi connectivity index (χ3n) is 3.48. The Hall–Kier alpha value is -1.28. The first-order valence-electron chi connectivity index (χ1n) is 7.38. The van der Waals surface area contributed by atoms with E-state index in [9.17, 15) is 0 Å². The van der Waals surface area contributed by atoms with Crippen molar-refractivity contribution in [3.8, 4) is 0 Å². The molecular weight excluding hydrogens is 232 g/mol. The third-order valence-corrected chi connectivity index (χ3v) is 3.48. The standard InChI is InChI=1S/C17H28N2/c1-5-8-11-14-19(4)17-13-10-9-12-15(17)16(6-2)18-7-3/h5,9-10,12-13,16,18H,1,6-8,11,14H2,2-4H3. The molecule has 0 radical (unpaired) electrons. The Bertz CT molecular complexity index is 373. The summed E-state index contributed by atoms with van der Waals surface area (Å²) in [5, 5.41) is 3.57. The number of nitrogens with zero attached hydrogens (tertiary/aromatic N) is 1. The van der Waals surface area contributed by atoms with E-state index < -0.39 is 0 Å². The van der Waals surface area contributed by atoms with Crippen molar-refractivity contribution < 1.29 is 0 Å². The van der Waals surface area contributed by atoms with Crippen molar-refractivity contribution in [2.45, 2.75) is 39.2 Å². The van der Waals surface area contributed by atoms with E-state index in [1.165, 1.54) is 11.3 Å². The van der Waals surface area contributed by atoms with Gasteiger partial charge in [0.25, 0.3) is 0 Å². The predicted molar refractivity (Wildman–Crippen MR) is 85.9 cm³/mol. The summed E-state index contributed by atoms with van der Waals surface area (Å²) in [6.07, 6.45) is 5.35. The monoisotopic (exact) mass is 260 g/mol. The Morgan fingerprint density at radius 1 is 1.32 bits per heavy atom. The Morgan fingerprint density at radius 2 is 2.05 bits per heavy atom. The molecule has 1 unspecified atom stereocenters. The van der Waals surface area contributed by atoms with Gasteiger partial charge in [0, 0.05) is 25.3 Å². The number of benzene rings is 1. The lowest BCUT2D eigenvalue weighted by atomic mass is 10.0. The molecule has 2 heteroatoms. The van der Waals surface area contributed by atoms with Crippen LogP contribution in [0.4, 0.5) is 5.69 Å². The number of hydrogen-bond donors (Lipinski definition) is 1. The summed E-state index contributed by atoms with van der Waals surface area (Å²) >= 11 is 0. The molecule has 1 aromatic carbocycles. The molecule has 106 valence electrons. The zero-order valence-electron chi connectivity index (χ0n) is 12.7. The van der Waals surface area contributed by atoms with E-state index in [-0.39, 0.29) is 0 Å². The van der Waals surface area contributed by atoms with Crippen LogP contribution in [0.2, 0.25) is 0 Å². The second kappa shape index (κ2) is 8.76.